The van der Waals surface area contributed by atoms with Gasteiger partial charge in [-0.15, -0.1) is 11.5 Å². The minimum absolute atomic E-state index is 0.0492. The number of hydrogen-bond donors (Lipinski definition) is 2. The van der Waals surface area contributed by atoms with Gasteiger partial charge in [-0.25, -0.2) is 4.79 Å². The summed E-state index contributed by atoms with van der Waals surface area (Å²) in [5, 5.41) is 21.0. The Morgan fingerprint density at radius 3 is 2.88 bits per heavy atom. The van der Waals surface area contributed by atoms with E-state index in [2.05, 4.69) is 25.0 Å². The summed E-state index contributed by atoms with van der Waals surface area (Å²) in [7, 11) is 0. The van der Waals surface area contributed by atoms with Gasteiger partial charge in [-0.05, 0) is 50.0 Å². The maximum atomic E-state index is 12.3. The van der Waals surface area contributed by atoms with Gasteiger partial charge in [0.05, 0.1) is 12.2 Å². The van der Waals surface area contributed by atoms with Crippen LogP contribution >= 0.6 is 0 Å². The van der Waals surface area contributed by atoms with Crippen LogP contribution in [0.3, 0.4) is 0 Å². The van der Waals surface area contributed by atoms with E-state index in [4.69, 9.17) is 4.74 Å². The largest absolute Gasteiger partial charge is 0.507 e. The Hall–Kier alpha value is -2.67. The highest BCUT2D eigenvalue weighted by atomic mass is 16.5. The van der Waals surface area contributed by atoms with E-state index in [1.54, 1.807) is 6.08 Å². The highest BCUT2D eigenvalue weighted by Crippen LogP contribution is 2.42. The molecule has 1 aliphatic rings. The lowest BCUT2D eigenvalue weighted by Crippen LogP contribution is -2.09. The molecule has 0 fully saturated rings. The van der Waals surface area contributed by atoms with Gasteiger partial charge in [0.1, 0.15) is 17.1 Å². The SMILES string of the molecule is C=C=C[C@H]1CCC(C)=C=C1c1c(O)ccc(C(=O)OCCCCC)c1O. The quantitative estimate of drug-likeness (QED) is 0.405. The zero-order chi connectivity index (χ0) is 19.1. The van der Waals surface area contributed by atoms with Crippen molar-refractivity contribution in [3.05, 3.63) is 53.0 Å². The number of benzene rings is 1. The van der Waals surface area contributed by atoms with Gasteiger partial charge in [-0.2, -0.15) is 0 Å². The van der Waals surface area contributed by atoms with Crippen LogP contribution in [0.25, 0.3) is 5.57 Å². The number of phenols is 2. The third-order valence-electron chi connectivity index (χ3n) is 4.49. The lowest BCUT2D eigenvalue weighted by Gasteiger charge is -2.21. The third kappa shape index (κ3) is 4.49. The number of carbonyl (C=O) groups is 1. The van der Waals surface area contributed by atoms with E-state index in [1.165, 1.54) is 12.1 Å². The number of allylic oxidation sites excluding steroid dienone is 2. The van der Waals surface area contributed by atoms with E-state index in [1.807, 2.05) is 6.92 Å². The summed E-state index contributed by atoms with van der Waals surface area (Å²) in [4.78, 5) is 12.3. The van der Waals surface area contributed by atoms with Crippen LogP contribution in [0.1, 0.15) is 61.9 Å². The summed E-state index contributed by atoms with van der Waals surface area (Å²) in [6.07, 6.45) is 6.27. The molecular weight excluding hydrogens is 328 g/mol. The standard InChI is InChI=1S/C22H26O4/c1-4-6-7-13-26-22(25)17-11-12-19(23)20(21(17)24)18-14-15(3)9-10-16(18)8-5-2/h8,11-12,16,23-24H,2,4,6-7,9-10,13H2,1,3H3/t16-/m0/s1. The van der Waals surface area contributed by atoms with Crippen LogP contribution in [-0.4, -0.2) is 22.8 Å². The van der Waals surface area contributed by atoms with Crippen LogP contribution in [0.2, 0.25) is 0 Å². The molecule has 4 heteroatoms. The fraction of sp³-hybridized carbons (Fsp3) is 0.409. The minimum Gasteiger partial charge on any atom is -0.507 e. The van der Waals surface area contributed by atoms with E-state index in [0.717, 1.165) is 37.7 Å². The topological polar surface area (TPSA) is 66.8 Å². The molecular formula is C22H26O4. The molecule has 0 saturated heterocycles. The van der Waals surface area contributed by atoms with Gasteiger partial charge in [0.15, 0.2) is 0 Å². The molecule has 1 atom stereocenters. The number of ether oxygens (including phenoxy) is 1. The molecule has 0 amide bonds. The van der Waals surface area contributed by atoms with Gasteiger partial charge in [0.25, 0.3) is 0 Å². The molecule has 0 bridgehead atoms. The van der Waals surface area contributed by atoms with Crippen molar-refractivity contribution in [2.45, 2.75) is 46.0 Å². The lowest BCUT2D eigenvalue weighted by atomic mass is 9.83. The van der Waals surface area contributed by atoms with Crippen molar-refractivity contribution >= 4 is 11.5 Å². The summed E-state index contributed by atoms with van der Waals surface area (Å²) in [5.74, 6) is -1.04. The van der Waals surface area contributed by atoms with Crippen LogP contribution < -0.4 is 0 Å². The molecule has 4 nitrogen and oxygen atoms in total. The molecule has 2 N–H and O–H groups in total. The zero-order valence-corrected chi connectivity index (χ0v) is 15.5. The summed E-state index contributed by atoms with van der Waals surface area (Å²) in [5.41, 5.74) is 7.95. The molecule has 26 heavy (non-hydrogen) atoms. The second-order valence-corrected chi connectivity index (χ2v) is 6.53. The Labute approximate surface area is 154 Å². The number of hydrogen-bond acceptors (Lipinski definition) is 4. The second-order valence-electron chi connectivity index (χ2n) is 6.53. The average Bonchev–Trinajstić information content (AvgIpc) is 2.61. The first-order valence-electron chi connectivity index (χ1n) is 9.04. The predicted octanol–water partition coefficient (Wildman–Crippen LogP) is 5.12. The molecule has 0 aliphatic heterocycles. The van der Waals surface area contributed by atoms with E-state index in [-0.39, 0.29) is 28.5 Å². The van der Waals surface area contributed by atoms with E-state index in [0.29, 0.717) is 12.2 Å². The van der Waals surface area contributed by atoms with Crippen molar-refractivity contribution in [2.75, 3.05) is 6.61 Å². The van der Waals surface area contributed by atoms with Crippen LogP contribution in [0.4, 0.5) is 0 Å². The van der Waals surface area contributed by atoms with Crippen molar-refractivity contribution < 1.29 is 19.7 Å². The van der Waals surface area contributed by atoms with E-state index >= 15 is 0 Å². The molecule has 138 valence electrons. The number of rotatable bonds is 7. The first kappa shape index (κ1) is 19.7. The molecule has 0 unspecified atom stereocenters. The van der Waals surface area contributed by atoms with Crippen LogP contribution in [0.15, 0.2) is 41.8 Å². The first-order chi connectivity index (χ1) is 12.5. The Kier molecular flexibility index (Phi) is 6.91. The average molecular weight is 354 g/mol. The second kappa shape index (κ2) is 9.15. The van der Waals surface area contributed by atoms with Crippen LogP contribution in [0, 0.1) is 5.92 Å². The Balaban J connectivity index is 2.42. The predicted molar refractivity (Wildman–Crippen MR) is 102 cm³/mol. The molecule has 1 aromatic carbocycles. The smallest absolute Gasteiger partial charge is 0.341 e. The molecule has 0 aromatic heterocycles. The van der Waals surface area contributed by atoms with Gasteiger partial charge in [-0.1, -0.05) is 26.3 Å². The van der Waals surface area contributed by atoms with Gasteiger partial charge in [0.2, 0.25) is 0 Å². The Morgan fingerprint density at radius 1 is 1.42 bits per heavy atom. The molecule has 0 radical (unpaired) electrons. The molecule has 2 rings (SSSR count). The van der Waals surface area contributed by atoms with Gasteiger partial charge in [-0.3, -0.25) is 0 Å². The van der Waals surface area contributed by atoms with Gasteiger partial charge >= 0.3 is 5.97 Å². The highest BCUT2D eigenvalue weighted by Gasteiger charge is 2.26. The van der Waals surface area contributed by atoms with Gasteiger partial charge < -0.3 is 14.9 Å². The Bertz CT molecular complexity index is 791. The highest BCUT2D eigenvalue weighted by molar-refractivity contribution is 5.96. The maximum absolute atomic E-state index is 12.3. The lowest BCUT2D eigenvalue weighted by molar-refractivity contribution is 0.0495. The summed E-state index contributed by atoms with van der Waals surface area (Å²) >= 11 is 0. The van der Waals surface area contributed by atoms with Gasteiger partial charge in [0, 0.05) is 11.5 Å². The number of phenolic OH excluding ortho intramolecular Hbond substituents is 2. The number of unbranched alkanes of at least 4 members (excludes halogenated alkanes) is 2. The maximum Gasteiger partial charge on any atom is 0.341 e. The van der Waals surface area contributed by atoms with Crippen molar-refractivity contribution in [3.63, 3.8) is 0 Å². The third-order valence-corrected chi connectivity index (χ3v) is 4.49. The van der Waals surface area contributed by atoms with Crippen molar-refractivity contribution in [2.24, 2.45) is 5.92 Å². The van der Waals surface area contributed by atoms with Crippen molar-refractivity contribution in [1.29, 1.82) is 0 Å². The summed E-state index contributed by atoms with van der Waals surface area (Å²) in [6.45, 7) is 7.95. The molecule has 0 heterocycles. The van der Waals surface area contributed by atoms with Crippen molar-refractivity contribution in [3.8, 4) is 11.5 Å². The molecule has 1 aromatic rings. The fourth-order valence-electron chi connectivity index (χ4n) is 3.06. The Morgan fingerprint density at radius 2 is 2.19 bits per heavy atom. The number of esters is 1. The van der Waals surface area contributed by atoms with Crippen LogP contribution in [-0.2, 0) is 4.74 Å². The molecule has 0 spiro atoms. The van der Waals surface area contributed by atoms with Crippen LogP contribution in [0.5, 0.6) is 11.5 Å². The zero-order valence-electron chi connectivity index (χ0n) is 15.5. The monoisotopic (exact) mass is 354 g/mol. The minimum atomic E-state index is -0.590. The molecule has 0 saturated carbocycles. The van der Waals surface area contributed by atoms with E-state index in [9.17, 15) is 15.0 Å². The fourth-order valence-corrected chi connectivity index (χ4v) is 3.06. The molecule has 1 aliphatic carbocycles. The van der Waals surface area contributed by atoms with E-state index < -0.39 is 5.97 Å². The number of carbonyl (C=O) groups excluding carboxylic acids is 1. The first-order valence-corrected chi connectivity index (χ1v) is 9.04. The summed E-state index contributed by atoms with van der Waals surface area (Å²) < 4.78 is 5.24. The number of aromatic hydroxyl groups is 2. The normalized spacial score (nSPS) is 16.3. The van der Waals surface area contributed by atoms with Crippen molar-refractivity contribution in [1.82, 2.24) is 0 Å². The summed E-state index contributed by atoms with van der Waals surface area (Å²) in [6, 6.07) is 2.79.